The Balaban J connectivity index is 1.71. The summed E-state index contributed by atoms with van der Waals surface area (Å²) in [6.07, 6.45) is 0.747. The number of ether oxygens (including phenoxy) is 2. The zero-order valence-corrected chi connectivity index (χ0v) is 10.2. The highest BCUT2D eigenvalue weighted by atomic mass is 16.7. The van der Waals surface area contributed by atoms with E-state index in [-0.39, 0.29) is 6.29 Å². The number of hydrogen-bond acceptors (Lipinski definition) is 2. The maximum absolute atomic E-state index is 5.87. The largest absolute Gasteiger partial charge is 0.348 e. The molecule has 3 rings (SSSR count). The summed E-state index contributed by atoms with van der Waals surface area (Å²) in [6.45, 7) is 1.32. The molecular formula is C16H16O2. The van der Waals surface area contributed by atoms with Crippen molar-refractivity contribution >= 4 is 0 Å². The fourth-order valence-corrected chi connectivity index (χ4v) is 2.24. The van der Waals surface area contributed by atoms with Gasteiger partial charge >= 0.3 is 0 Å². The molecule has 1 aliphatic rings. The van der Waals surface area contributed by atoms with Crippen LogP contribution in [-0.4, -0.2) is 6.61 Å². The van der Waals surface area contributed by atoms with Crippen LogP contribution in [0.2, 0.25) is 0 Å². The molecule has 0 radical (unpaired) electrons. The highest BCUT2D eigenvalue weighted by Crippen LogP contribution is 2.28. The fraction of sp³-hybridized carbons (Fsp3) is 0.250. The zero-order chi connectivity index (χ0) is 12.2. The lowest BCUT2D eigenvalue weighted by atomic mass is 10.0. The Morgan fingerprint density at radius 2 is 1.78 bits per heavy atom. The second-order valence-electron chi connectivity index (χ2n) is 4.45. The summed E-state index contributed by atoms with van der Waals surface area (Å²) in [6, 6.07) is 18.5. The van der Waals surface area contributed by atoms with Crippen molar-refractivity contribution in [3.05, 3.63) is 71.3 Å². The molecule has 0 amide bonds. The molecule has 1 heterocycles. The Morgan fingerprint density at radius 3 is 2.67 bits per heavy atom. The van der Waals surface area contributed by atoms with Crippen molar-refractivity contribution in [1.82, 2.24) is 0 Å². The lowest BCUT2D eigenvalue weighted by Gasteiger charge is -2.26. The average Bonchev–Trinajstić information content (AvgIpc) is 2.46. The van der Waals surface area contributed by atoms with Gasteiger partial charge in [0, 0.05) is 5.56 Å². The first-order chi connectivity index (χ1) is 8.93. The molecule has 92 valence electrons. The molecule has 0 spiro atoms. The van der Waals surface area contributed by atoms with Crippen LogP contribution >= 0.6 is 0 Å². The van der Waals surface area contributed by atoms with Crippen molar-refractivity contribution in [3.8, 4) is 0 Å². The first-order valence-electron chi connectivity index (χ1n) is 6.28. The van der Waals surface area contributed by atoms with E-state index >= 15 is 0 Å². The Morgan fingerprint density at radius 1 is 1.00 bits per heavy atom. The fourth-order valence-electron chi connectivity index (χ4n) is 2.24. The van der Waals surface area contributed by atoms with Crippen molar-refractivity contribution in [2.24, 2.45) is 0 Å². The molecule has 0 aromatic heterocycles. The molecule has 0 N–H and O–H groups in total. The maximum atomic E-state index is 5.87. The van der Waals surface area contributed by atoms with E-state index in [1.54, 1.807) is 0 Å². The molecule has 0 bridgehead atoms. The minimum atomic E-state index is -0.227. The molecule has 18 heavy (non-hydrogen) atoms. The summed E-state index contributed by atoms with van der Waals surface area (Å²) in [4.78, 5) is 0. The molecular weight excluding hydrogens is 224 g/mol. The summed E-state index contributed by atoms with van der Waals surface area (Å²) in [5.41, 5.74) is 3.67. The average molecular weight is 240 g/mol. The predicted molar refractivity (Wildman–Crippen MR) is 70.1 cm³/mol. The van der Waals surface area contributed by atoms with Crippen LogP contribution in [0.4, 0.5) is 0 Å². The van der Waals surface area contributed by atoms with Crippen LogP contribution in [0.1, 0.15) is 23.0 Å². The lowest BCUT2D eigenvalue weighted by molar-refractivity contribution is -0.160. The number of fused-ring (bicyclic) bond motifs is 1. The molecule has 0 fully saturated rings. The summed E-state index contributed by atoms with van der Waals surface area (Å²) in [7, 11) is 0. The van der Waals surface area contributed by atoms with Crippen LogP contribution in [0, 0.1) is 0 Å². The van der Waals surface area contributed by atoms with Gasteiger partial charge in [0.05, 0.1) is 13.2 Å². The molecule has 2 aromatic rings. The van der Waals surface area contributed by atoms with Gasteiger partial charge in [0.1, 0.15) is 0 Å². The molecule has 1 aliphatic heterocycles. The van der Waals surface area contributed by atoms with Gasteiger partial charge in [0.25, 0.3) is 0 Å². The highest BCUT2D eigenvalue weighted by Gasteiger charge is 2.20. The molecule has 2 aromatic carbocycles. The first-order valence-corrected chi connectivity index (χ1v) is 6.28. The minimum absolute atomic E-state index is 0.227. The van der Waals surface area contributed by atoms with Gasteiger partial charge in [-0.05, 0) is 17.5 Å². The van der Waals surface area contributed by atoms with E-state index in [2.05, 4.69) is 30.3 Å². The molecule has 0 saturated carbocycles. The van der Waals surface area contributed by atoms with Crippen molar-refractivity contribution < 1.29 is 9.47 Å². The van der Waals surface area contributed by atoms with Crippen LogP contribution in [-0.2, 0) is 22.5 Å². The molecule has 1 unspecified atom stereocenters. The quantitative estimate of drug-likeness (QED) is 0.817. The van der Waals surface area contributed by atoms with Gasteiger partial charge in [0.15, 0.2) is 6.29 Å². The molecule has 2 heteroatoms. The van der Waals surface area contributed by atoms with Crippen molar-refractivity contribution in [2.45, 2.75) is 19.3 Å². The van der Waals surface area contributed by atoms with E-state index in [0.717, 1.165) is 13.0 Å². The highest BCUT2D eigenvalue weighted by molar-refractivity contribution is 5.29. The SMILES string of the molecule is c1ccc(COC2OCCc3ccccc32)cc1. The second kappa shape index (κ2) is 5.34. The van der Waals surface area contributed by atoms with E-state index in [9.17, 15) is 0 Å². The van der Waals surface area contributed by atoms with Crippen molar-refractivity contribution in [1.29, 1.82) is 0 Å². The van der Waals surface area contributed by atoms with E-state index in [1.165, 1.54) is 16.7 Å². The normalized spacial score (nSPS) is 18.3. The van der Waals surface area contributed by atoms with Crippen LogP contribution in [0.15, 0.2) is 54.6 Å². The third-order valence-electron chi connectivity index (χ3n) is 3.19. The number of rotatable bonds is 3. The van der Waals surface area contributed by atoms with Gasteiger partial charge < -0.3 is 9.47 Å². The minimum Gasteiger partial charge on any atom is -0.348 e. The standard InChI is InChI=1S/C16H16O2/c1-2-6-13(7-3-1)12-18-16-15-9-5-4-8-14(15)10-11-17-16/h1-9,16H,10-12H2. The predicted octanol–water partition coefficient (Wildman–Crippen LogP) is 3.47. The van der Waals surface area contributed by atoms with E-state index in [4.69, 9.17) is 9.47 Å². The van der Waals surface area contributed by atoms with Gasteiger partial charge in [-0.15, -0.1) is 0 Å². The monoisotopic (exact) mass is 240 g/mol. The second-order valence-corrected chi connectivity index (χ2v) is 4.45. The first kappa shape index (κ1) is 11.5. The third-order valence-corrected chi connectivity index (χ3v) is 3.19. The van der Waals surface area contributed by atoms with Crippen molar-refractivity contribution in [3.63, 3.8) is 0 Å². The molecule has 0 saturated heterocycles. The number of hydrogen-bond donors (Lipinski definition) is 0. The maximum Gasteiger partial charge on any atom is 0.184 e. The summed E-state index contributed by atoms with van der Waals surface area (Å²) < 4.78 is 11.6. The van der Waals surface area contributed by atoms with Crippen LogP contribution in [0.3, 0.4) is 0 Å². The van der Waals surface area contributed by atoms with Crippen LogP contribution < -0.4 is 0 Å². The van der Waals surface area contributed by atoms with Gasteiger partial charge in [-0.25, -0.2) is 0 Å². The Bertz CT molecular complexity index is 508. The summed E-state index contributed by atoms with van der Waals surface area (Å²) in [5, 5.41) is 0. The van der Waals surface area contributed by atoms with Crippen molar-refractivity contribution in [2.75, 3.05) is 6.61 Å². The Labute approximate surface area is 107 Å². The molecule has 0 aliphatic carbocycles. The Hall–Kier alpha value is -1.64. The van der Waals surface area contributed by atoms with Gasteiger partial charge in [0.2, 0.25) is 0 Å². The topological polar surface area (TPSA) is 18.5 Å². The van der Waals surface area contributed by atoms with Crippen LogP contribution in [0.5, 0.6) is 0 Å². The summed E-state index contributed by atoms with van der Waals surface area (Å²) in [5.74, 6) is 0. The molecule has 2 nitrogen and oxygen atoms in total. The summed E-state index contributed by atoms with van der Waals surface area (Å²) >= 11 is 0. The zero-order valence-electron chi connectivity index (χ0n) is 10.2. The van der Waals surface area contributed by atoms with Gasteiger partial charge in [-0.2, -0.15) is 0 Å². The smallest absolute Gasteiger partial charge is 0.184 e. The van der Waals surface area contributed by atoms with E-state index < -0.39 is 0 Å². The molecule has 1 atom stereocenters. The third kappa shape index (κ3) is 2.45. The lowest BCUT2D eigenvalue weighted by Crippen LogP contribution is -2.18. The van der Waals surface area contributed by atoms with Gasteiger partial charge in [-0.3, -0.25) is 0 Å². The van der Waals surface area contributed by atoms with Gasteiger partial charge in [-0.1, -0.05) is 54.6 Å². The van der Waals surface area contributed by atoms with E-state index in [0.29, 0.717) is 6.61 Å². The van der Waals surface area contributed by atoms with Crippen LogP contribution in [0.25, 0.3) is 0 Å². The van der Waals surface area contributed by atoms with E-state index in [1.807, 2.05) is 24.3 Å². The Kier molecular flexibility index (Phi) is 3.40. The number of benzene rings is 2.